The van der Waals surface area contributed by atoms with Crippen molar-refractivity contribution in [2.45, 2.75) is 6.61 Å². The molecule has 0 N–H and O–H groups in total. The van der Waals surface area contributed by atoms with Crippen molar-refractivity contribution in [1.29, 1.82) is 0 Å². The molecule has 7 heteroatoms. The van der Waals surface area contributed by atoms with Crippen molar-refractivity contribution in [3.05, 3.63) is 41.4 Å². The number of ether oxygens (including phenoxy) is 1. The van der Waals surface area contributed by atoms with Crippen molar-refractivity contribution in [2.75, 3.05) is 18.8 Å². The zero-order valence-electron chi connectivity index (χ0n) is 11.7. The molecular formula is C15H14N2O3S2. The molecule has 0 unspecified atom stereocenters. The van der Waals surface area contributed by atoms with E-state index in [1.807, 2.05) is 35.7 Å². The van der Waals surface area contributed by atoms with E-state index in [4.69, 9.17) is 4.74 Å². The Bertz CT molecular complexity index is 672. The van der Waals surface area contributed by atoms with Crippen LogP contribution in [0.5, 0.6) is 0 Å². The van der Waals surface area contributed by atoms with Crippen molar-refractivity contribution < 1.29 is 14.3 Å². The van der Waals surface area contributed by atoms with Gasteiger partial charge in [-0.2, -0.15) is 0 Å². The number of nitrogens with zero attached hydrogens (tertiary/aromatic N) is 2. The van der Waals surface area contributed by atoms with Gasteiger partial charge >= 0.3 is 5.97 Å². The van der Waals surface area contributed by atoms with Crippen LogP contribution in [0.4, 0.5) is 4.79 Å². The standard InChI is InChI=1S/C15H14N2O3S2/c18-13(8-17-6-7-21-15(17)19)20-9-12-10-22-14(16-12)11-4-2-1-3-5-11/h1-5,10H,6-9H2. The average molecular weight is 334 g/mol. The van der Waals surface area contributed by atoms with Crippen molar-refractivity contribution in [3.8, 4) is 10.6 Å². The zero-order valence-corrected chi connectivity index (χ0v) is 13.4. The SMILES string of the molecule is O=C(CN1CCSC1=O)OCc1csc(-c2ccccc2)n1. The van der Waals surface area contributed by atoms with Gasteiger partial charge in [-0.15, -0.1) is 11.3 Å². The summed E-state index contributed by atoms with van der Waals surface area (Å²) >= 11 is 2.75. The molecule has 0 atom stereocenters. The van der Waals surface area contributed by atoms with E-state index in [1.54, 1.807) is 0 Å². The molecule has 0 saturated carbocycles. The Morgan fingerprint density at radius 3 is 2.86 bits per heavy atom. The molecule has 114 valence electrons. The number of aromatic nitrogens is 1. The molecule has 1 fully saturated rings. The van der Waals surface area contributed by atoms with Crippen LogP contribution in [0.25, 0.3) is 10.6 Å². The van der Waals surface area contributed by atoms with Gasteiger partial charge < -0.3 is 9.64 Å². The Morgan fingerprint density at radius 2 is 2.14 bits per heavy atom. The first-order valence-corrected chi connectivity index (χ1v) is 8.66. The first-order valence-electron chi connectivity index (χ1n) is 6.79. The number of thiazole rings is 1. The van der Waals surface area contributed by atoms with E-state index in [9.17, 15) is 9.59 Å². The molecular weight excluding hydrogens is 320 g/mol. The highest BCUT2D eigenvalue weighted by Crippen LogP contribution is 2.23. The van der Waals surface area contributed by atoms with Crippen LogP contribution in [0.15, 0.2) is 35.7 Å². The van der Waals surface area contributed by atoms with Gasteiger partial charge in [-0.3, -0.25) is 9.59 Å². The number of amides is 1. The largest absolute Gasteiger partial charge is 0.458 e. The van der Waals surface area contributed by atoms with Gasteiger partial charge in [0, 0.05) is 23.2 Å². The number of hydrogen-bond donors (Lipinski definition) is 0. The minimum absolute atomic E-state index is 0.0154. The molecule has 1 aromatic carbocycles. The Hall–Kier alpha value is -1.86. The third-order valence-corrected chi connectivity index (χ3v) is 4.95. The van der Waals surface area contributed by atoms with E-state index in [-0.39, 0.29) is 18.4 Å². The Kier molecular flexibility index (Phi) is 4.74. The maximum atomic E-state index is 11.7. The van der Waals surface area contributed by atoms with Crippen LogP contribution < -0.4 is 0 Å². The second-order valence-electron chi connectivity index (χ2n) is 4.71. The second kappa shape index (κ2) is 6.93. The second-order valence-corrected chi connectivity index (χ2v) is 6.61. The van der Waals surface area contributed by atoms with Gasteiger partial charge in [0.05, 0.1) is 5.69 Å². The van der Waals surface area contributed by atoms with E-state index in [1.165, 1.54) is 28.0 Å². The van der Waals surface area contributed by atoms with Crippen LogP contribution in [0.1, 0.15) is 5.69 Å². The van der Waals surface area contributed by atoms with Gasteiger partial charge in [0.2, 0.25) is 0 Å². The van der Waals surface area contributed by atoms with Gasteiger partial charge in [0.25, 0.3) is 5.24 Å². The van der Waals surface area contributed by atoms with Crippen LogP contribution in [-0.4, -0.2) is 39.9 Å². The normalized spacial score (nSPS) is 14.4. The maximum Gasteiger partial charge on any atom is 0.326 e. The third kappa shape index (κ3) is 3.66. The lowest BCUT2D eigenvalue weighted by molar-refractivity contribution is -0.145. The molecule has 1 aliphatic rings. The average Bonchev–Trinajstić information content (AvgIpc) is 3.16. The number of hydrogen-bond acceptors (Lipinski definition) is 6. The maximum absolute atomic E-state index is 11.7. The number of carbonyl (C=O) groups excluding carboxylic acids is 2. The summed E-state index contributed by atoms with van der Waals surface area (Å²) in [6.07, 6.45) is 0. The summed E-state index contributed by atoms with van der Waals surface area (Å²) in [6.45, 7) is 0.756. The Labute approximate surface area is 136 Å². The summed E-state index contributed by atoms with van der Waals surface area (Å²) in [6, 6.07) is 9.86. The fraction of sp³-hybridized carbons (Fsp3) is 0.267. The van der Waals surface area contributed by atoms with Crippen LogP contribution in [0, 0.1) is 0 Å². The van der Waals surface area contributed by atoms with Crippen LogP contribution >= 0.6 is 23.1 Å². The summed E-state index contributed by atoms with van der Waals surface area (Å²) in [7, 11) is 0. The molecule has 1 aliphatic heterocycles. The fourth-order valence-corrected chi connectivity index (χ4v) is 3.65. The number of esters is 1. The monoisotopic (exact) mass is 334 g/mol. The number of carbonyl (C=O) groups is 2. The summed E-state index contributed by atoms with van der Waals surface area (Å²) in [4.78, 5) is 29.1. The molecule has 3 rings (SSSR count). The third-order valence-electron chi connectivity index (χ3n) is 3.12. The highest BCUT2D eigenvalue weighted by atomic mass is 32.2. The molecule has 2 heterocycles. The Morgan fingerprint density at radius 1 is 1.32 bits per heavy atom. The molecule has 0 aliphatic carbocycles. The first kappa shape index (κ1) is 15.1. The summed E-state index contributed by atoms with van der Waals surface area (Å²) in [5.41, 5.74) is 1.77. The smallest absolute Gasteiger partial charge is 0.326 e. The fourth-order valence-electron chi connectivity index (χ4n) is 2.01. The molecule has 1 saturated heterocycles. The molecule has 5 nitrogen and oxygen atoms in total. The van der Waals surface area contributed by atoms with Crippen molar-refractivity contribution in [1.82, 2.24) is 9.88 Å². The quantitative estimate of drug-likeness (QED) is 0.787. The zero-order chi connectivity index (χ0) is 15.4. The lowest BCUT2D eigenvalue weighted by atomic mass is 10.2. The van der Waals surface area contributed by atoms with E-state index in [2.05, 4.69) is 4.98 Å². The van der Waals surface area contributed by atoms with Gasteiger partial charge in [-0.25, -0.2) is 4.98 Å². The highest BCUT2D eigenvalue weighted by Gasteiger charge is 2.23. The van der Waals surface area contributed by atoms with Gasteiger partial charge in [0.1, 0.15) is 18.2 Å². The van der Waals surface area contributed by atoms with E-state index < -0.39 is 5.97 Å². The minimum Gasteiger partial charge on any atom is -0.458 e. The predicted molar refractivity (Wildman–Crippen MR) is 86.8 cm³/mol. The number of thioether (sulfide) groups is 1. The molecule has 2 aromatic rings. The van der Waals surface area contributed by atoms with E-state index in [0.717, 1.165) is 22.0 Å². The predicted octanol–water partition coefficient (Wildman–Crippen LogP) is 3.02. The highest BCUT2D eigenvalue weighted by molar-refractivity contribution is 8.13. The molecule has 0 spiro atoms. The number of rotatable bonds is 5. The van der Waals surface area contributed by atoms with Crippen molar-refractivity contribution in [2.24, 2.45) is 0 Å². The van der Waals surface area contributed by atoms with E-state index in [0.29, 0.717) is 6.54 Å². The molecule has 1 amide bonds. The van der Waals surface area contributed by atoms with Gasteiger partial charge in [0.15, 0.2) is 0 Å². The molecule has 1 aromatic heterocycles. The summed E-state index contributed by atoms with van der Waals surface area (Å²) in [5.74, 6) is 0.337. The topological polar surface area (TPSA) is 59.5 Å². The van der Waals surface area contributed by atoms with Gasteiger partial charge in [-0.1, -0.05) is 42.1 Å². The lowest BCUT2D eigenvalue weighted by Gasteiger charge is -2.12. The minimum atomic E-state index is -0.398. The number of benzene rings is 1. The van der Waals surface area contributed by atoms with Crippen LogP contribution in [0.3, 0.4) is 0 Å². The molecule has 0 radical (unpaired) electrons. The lowest BCUT2D eigenvalue weighted by Crippen LogP contribution is -2.30. The molecule has 0 bridgehead atoms. The first-order chi connectivity index (χ1) is 10.7. The van der Waals surface area contributed by atoms with Crippen LogP contribution in [0.2, 0.25) is 0 Å². The summed E-state index contributed by atoms with van der Waals surface area (Å²) in [5, 5.41) is 2.72. The van der Waals surface area contributed by atoms with E-state index >= 15 is 0 Å². The van der Waals surface area contributed by atoms with Crippen LogP contribution in [-0.2, 0) is 16.1 Å². The van der Waals surface area contributed by atoms with Gasteiger partial charge in [-0.05, 0) is 0 Å². The Balaban J connectivity index is 1.52. The molecule has 22 heavy (non-hydrogen) atoms. The van der Waals surface area contributed by atoms with Crippen molar-refractivity contribution in [3.63, 3.8) is 0 Å². The van der Waals surface area contributed by atoms with Crippen molar-refractivity contribution >= 4 is 34.3 Å². The summed E-state index contributed by atoms with van der Waals surface area (Å²) < 4.78 is 5.19.